The molecule has 2 nitrogen and oxygen atoms in total. The topological polar surface area (TPSA) is 15.6 Å². The Kier molecular flexibility index (Phi) is 10.5. The molecule has 1 aliphatic heterocycles. The van der Waals surface area contributed by atoms with E-state index in [9.17, 15) is 26.3 Å². The first kappa shape index (κ1) is 29.8. The van der Waals surface area contributed by atoms with E-state index in [-0.39, 0.29) is 30.5 Å². The molecule has 1 aromatic carbocycles. The predicted octanol–water partition coefficient (Wildman–Crippen LogP) is 8.69. The standard InChI is InChI=1S/C25H30F6N2.ClH/c1-6-19(20-12-21(24(26,27)28)15-22(13-20)25(29,30)31)14-23(32-16(2)3)17(4)18(5)33-10-8-7-9-11-33;/h12-15H,2,6-11H2,1,3-5H3;1H/b18-17+,19-14+,32-23?;. The number of piperidine rings is 1. The van der Waals surface area contributed by atoms with Crippen molar-refractivity contribution in [3.8, 4) is 0 Å². The molecule has 34 heavy (non-hydrogen) atoms. The first-order valence-electron chi connectivity index (χ1n) is 10.9. The number of aliphatic imine (C=N–C) groups is 1. The zero-order valence-corrected chi connectivity index (χ0v) is 20.6. The summed E-state index contributed by atoms with van der Waals surface area (Å²) in [7, 11) is 0. The molecule has 0 aromatic heterocycles. The second-order valence-electron chi connectivity index (χ2n) is 8.31. The van der Waals surface area contributed by atoms with Crippen LogP contribution in [-0.2, 0) is 12.4 Å². The summed E-state index contributed by atoms with van der Waals surface area (Å²) in [4.78, 5) is 6.70. The fourth-order valence-corrected chi connectivity index (χ4v) is 3.78. The van der Waals surface area contributed by atoms with Gasteiger partial charge in [-0.1, -0.05) is 13.5 Å². The second-order valence-corrected chi connectivity index (χ2v) is 8.31. The molecule has 1 saturated heterocycles. The molecule has 1 heterocycles. The van der Waals surface area contributed by atoms with Crippen molar-refractivity contribution in [2.24, 2.45) is 4.99 Å². The highest BCUT2D eigenvalue weighted by Gasteiger charge is 2.37. The van der Waals surface area contributed by atoms with Crippen LogP contribution in [-0.4, -0.2) is 23.7 Å². The van der Waals surface area contributed by atoms with E-state index in [4.69, 9.17) is 0 Å². The SMILES string of the molecule is C=C(C)N=C(/C=C(\CC)c1cc(C(F)(F)F)cc(C(F)(F)F)c1)/C(C)=C(\C)N1CCCCC1.Cl. The molecule has 1 aromatic rings. The number of benzene rings is 1. The molecular weight excluding hydrogens is 478 g/mol. The molecule has 0 radical (unpaired) electrons. The number of halogens is 7. The molecule has 0 aliphatic carbocycles. The first-order chi connectivity index (χ1) is 15.2. The van der Waals surface area contributed by atoms with E-state index in [1.807, 2.05) is 13.8 Å². The minimum Gasteiger partial charge on any atom is -0.375 e. The van der Waals surface area contributed by atoms with E-state index in [1.54, 1.807) is 19.9 Å². The van der Waals surface area contributed by atoms with Gasteiger partial charge in [-0.15, -0.1) is 12.4 Å². The number of nitrogens with zero attached hydrogens (tertiary/aromatic N) is 2. The van der Waals surface area contributed by atoms with Crippen LogP contribution in [0.3, 0.4) is 0 Å². The molecule has 0 unspecified atom stereocenters. The summed E-state index contributed by atoms with van der Waals surface area (Å²) >= 11 is 0. The Morgan fingerprint density at radius 1 is 0.941 bits per heavy atom. The van der Waals surface area contributed by atoms with Gasteiger partial charge in [-0.3, -0.25) is 4.99 Å². The molecule has 0 spiro atoms. The summed E-state index contributed by atoms with van der Waals surface area (Å²) in [6, 6.07) is 1.67. The van der Waals surface area contributed by atoms with Gasteiger partial charge in [-0.2, -0.15) is 26.3 Å². The normalized spacial score (nSPS) is 16.7. The summed E-state index contributed by atoms with van der Waals surface area (Å²) in [5.41, 5.74) is 0.310. The lowest BCUT2D eigenvalue weighted by Crippen LogP contribution is -2.29. The van der Waals surface area contributed by atoms with Crippen LogP contribution in [0.1, 0.15) is 70.1 Å². The average Bonchev–Trinajstić information content (AvgIpc) is 2.74. The van der Waals surface area contributed by atoms with Gasteiger partial charge in [0.25, 0.3) is 0 Å². The highest BCUT2D eigenvalue weighted by molar-refractivity contribution is 6.12. The number of hydrogen-bond acceptors (Lipinski definition) is 2. The van der Waals surface area contributed by atoms with Crippen LogP contribution >= 0.6 is 12.4 Å². The van der Waals surface area contributed by atoms with Crippen LogP contribution < -0.4 is 0 Å². The van der Waals surface area contributed by atoms with Crippen molar-refractivity contribution in [2.75, 3.05) is 13.1 Å². The van der Waals surface area contributed by atoms with E-state index < -0.39 is 23.5 Å². The predicted molar refractivity (Wildman–Crippen MR) is 128 cm³/mol. The monoisotopic (exact) mass is 508 g/mol. The number of likely N-dealkylation sites (tertiary alicyclic amines) is 1. The maximum atomic E-state index is 13.3. The maximum absolute atomic E-state index is 13.3. The van der Waals surface area contributed by atoms with Gasteiger partial charge in [0.05, 0.1) is 16.8 Å². The number of alkyl halides is 6. The summed E-state index contributed by atoms with van der Waals surface area (Å²) < 4.78 is 80.1. The maximum Gasteiger partial charge on any atom is 0.416 e. The van der Waals surface area contributed by atoms with E-state index in [1.165, 1.54) is 0 Å². The molecule has 0 N–H and O–H groups in total. The third-order valence-electron chi connectivity index (χ3n) is 5.72. The average molecular weight is 509 g/mol. The van der Waals surface area contributed by atoms with Crippen molar-refractivity contribution in [1.82, 2.24) is 4.90 Å². The Balaban J connectivity index is 0.00000578. The van der Waals surface area contributed by atoms with E-state index >= 15 is 0 Å². The Bertz CT molecular complexity index is 932. The van der Waals surface area contributed by atoms with E-state index in [0.29, 0.717) is 17.0 Å². The van der Waals surface area contributed by atoms with E-state index in [2.05, 4.69) is 16.5 Å². The molecule has 190 valence electrons. The van der Waals surface area contributed by atoms with Crippen molar-refractivity contribution in [3.63, 3.8) is 0 Å². The Labute approximate surface area is 203 Å². The lowest BCUT2D eigenvalue weighted by atomic mass is 9.95. The van der Waals surface area contributed by atoms with E-state index in [0.717, 1.165) is 55.8 Å². The Morgan fingerprint density at radius 2 is 1.44 bits per heavy atom. The molecule has 9 heteroatoms. The zero-order valence-electron chi connectivity index (χ0n) is 19.8. The van der Waals surface area contributed by atoms with Crippen molar-refractivity contribution < 1.29 is 26.3 Å². The Morgan fingerprint density at radius 3 is 1.85 bits per heavy atom. The second kappa shape index (κ2) is 12.0. The van der Waals surface area contributed by atoms with Crippen LogP contribution in [0.15, 0.2) is 52.8 Å². The summed E-state index contributed by atoms with van der Waals surface area (Å²) in [6.45, 7) is 12.8. The quantitative estimate of drug-likeness (QED) is 0.277. The minimum absolute atomic E-state index is 0. The molecule has 1 aliphatic rings. The lowest BCUT2D eigenvalue weighted by Gasteiger charge is -2.31. The van der Waals surface area contributed by atoms with Gasteiger partial charge >= 0.3 is 12.4 Å². The van der Waals surface area contributed by atoms with Crippen LogP contribution in [0.4, 0.5) is 26.3 Å². The van der Waals surface area contributed by atoms with Gasteiger partial charge in [-0.05, 0) is 87.4 Å². The minimum atomic E-state index is -4.90. The third-order valence-corrected chi connectivity index (χ3v) is 5.72. The van der Waals surface area contributed by atoms with Gasteiger partial charge in [-0.25, -0.2) is 0 Å². The highest BCUT2D eigenvalue weighted by atomic mass is 35.5. The van der Waals surface area contributed by atoms with Gasteiger partial charge in [0.15, 0.2) is 0 Å². The fraction of sp³-hybridized carbons (Fsp3) is 0.480. The Hall–Kier alpha value is -2.22. The molecule has 0 amide bonds. The van der Waals surface area contributed by atoms with Crippen LogP contribution in [0.25, 0.3) is 5.57 Å². The van der Waals surface area contributed by atoms with Gasteiger partial charge in [0, 0.05) is 24.5 Å². The number of hydrogen-bond donors (Lipinski definition) is 0. The molecule has 2 rings (SSSR count). The lowest BCUT2D eigenvalue weighted by molar-refractivity contribution is -0.143. The van der Waals surface area contributed by atoms with Gasteiger partial charge in [0.2, 0.25) is 0 Å². The number of allylic oxidation sites excluding steroid dienone is 5. The molecular formula is C25H31ClF6N2. The fourth-order valence-electron chi connectivity index (χ4n) is 3.78. The first-order valence-corrected chi connectivity index (χ1v) is 10.9. The third kappa shape index (κ3) is 7.93. The molecule has 0 saturated carbocycles. The van der Waals surface area contributed by atoms with Crippen molar-refractivity contribution in [1.29, 1.82) is 0 Å². The summed E-state index contributed by atoms with van der Waals surface area (Å²) in [5.74, 6) is 0. The van der Waals surface area contributed by atoms with Crippen molar-refractivity contribution in [3.05, 3.63) is 64.5 Å². The largest absolute Gasteiger partial charge is 0.416 e. The van der Waals surface area contributed by atoms with Gasteiger partial charge in [0.1, 0.15) is 0 Å². The zero-order chi connectivity index (χ0) is 25.0. The van der Waals surface area contributed by atoms with Gasteiger partial charge < -0.3 is 4.90 Å². The molecule has 0 bridgehead atoms. The molecule has 0 atom stereocenters. The summed E-state index contributed by atoms with van der Waals surface area (Å²) in [6.07, 6.45) is -4.70. The molecule has 1 fully saturated rings. The highest BCUT2D eigenvalue weighted by Crippen LogP contribution is 2.38. The summed E-state index contributed by atoms with van der Waals surface area (Å²) in [5, 5.41) is 0. The van der Waals surface area contributed by atoms with Crippen molar-refractivity contribution >= 4 is 23.7 Å². The van der Waals surface area contributed by atoms with Crippen LogP contribution in [0.2, 0.25) is 0 Å². The van der Waals surface area contributed by atoms with Crippen LogP contribution in [0, 0.1) is 0 Å². The van der Waals surface area contributed by atoms with Crippen molar-refractivity contribution in [2.45, 2.75) is 65.7 Å². The van der Waals surface area contributed by atoms with Crippen LogP contribution in [0.5, 0.6) is 0 Å². The number of rotatable bonds is 6. The smallest absolute Gasteiger partial charge is 0.375 e.